The number of carbonyl (C=O) groups excluding carboxylic acids is 1. The van der Waals surface area contributed by atoms with Crippen LogP contribution in [-0.4, -0.2) is 43.8 Å². The maximum absolute atomic E-state index is 12.5. The second-order valence-electron chi connectivity index (χ2n) is 5.90. The van der Waals surface area contributed by atoms with E-state index in [4.69, 9.17) is 0 Å². The predicted molar refractivity (Wildman–Crippen MR) is 85.0 cm³/mol. The molecule has 1 aromatic rings. The van der Waals surface area contributed by atoms with Crippen molar-refractivity contribution in [2.75, 3.05) is 18.6 Å². The van der Waals surface area contributed by atoms with E-state index >= 15 is 0 Å². The molecule has 2 rings (SSSR count). The van der Waals surface area contributed by atoms with Gasteiger partial charge in [-0.05, 0) is 25.0 Å². The molecule has 0 aliphatic carbocycles. The number of carbonyl (C=O) groups is 1. The third-order valence-electron chi connectivity index (χ3n) is 3.60. The lowest BCUT2D eigenvalue weighted by molar-refractivity contribution is -0.130. The van der Waals surface area contributed by atoms with Crippen molar-refractivity contribution in [1.29, 1.82) is 0 Å². The largest absolute Gasteiger partial charge is 0.320 e. The monoisotopic (exact) mass is 330 g/mol. The lowest BCUT2D eigenvalue weighted by Crippen LogP contribution is -2.36. The van der Waals surface area contributed by atoms with Crippen molar-refractivity contribution < 1.29 is 13.2 Å². The van der Waals surface area contributed by atoms with Crippen molar-refractivity contribution >= 4 is 27.1 Å². The minimum Gasteiger partial charge on any atom is -0.320 e. The van der Waals surface area contributed by atoms with Crippen LogP contribution >= 0.6 is 11.3 Å². The van der Waals surface area contributed by atoms with E-state index in [9.17, 15) is 13.2 Å². The van der Waals surface area contributed by atoms with Crippen LogP contribution in [0.2, 0.25) is 0 Å². The van der Waals surface area contributed by atoms with E-state index in [0.29, 0.717) is 0 Å². The van der Waals surface area contributed by atoms with Gasteiger partial charge >= 0.3 is 0 Å². The molecule has 118 valence electrons. The van der Waals surface area contributed by atoms with Gasteiger partial charge in [0.2, 0.25) is 5.91 Å². The quantitative estimate of drug-likeness (QED) is 0.890. The Morgan fingerprint density at radius 1 is 1.38 bits per heavy atom. The van der Waals surface area contributed by atoms with Gasteiger partial charge in [0.1, 0.15) is 16.0 Å². The Morgan fingerprint density at radius 3 is 2.52 bits per heavy atom. The number of hydrogen-bond donors (Lipinski definition) is 1. The summed E-state index contributed by atoms with van der Waals surface area (Å²) in [6.07, 6.45) is 0.982. The molecule has 1 N–H and O–H groups in total. The number of sulfone groups is 1. The first-order chi connectivity index (χ1) is 9.69. The van der Waals surface area contributed by atoms with Gasteiger partial charge < -0.3 is 4.90 Å². The molecule has 2 heterocycles. The number of nitrogens with one attached hydrogen (secondary N) is 1. The van der Waals surface area contributed by atoms with Gasteiger partial charge in [-0.15, -0.1) is 11.3 Å². The topological polar surface area (TPSA) is 66.5 Å². The summed E-state index contributed by atoms with van der Waals surface area (Å²) >= 11 is 1.63. The first kappa shape index (κ1) is 16.5. The molecule has 2 unspecified atom stereocenters. The average Bonchev–Trinajstić information content (AvgIpc) is 2.90. The van der Waals surface area contributed by atoms with E-state index in [2.05, 4.69) is 5.32 Å². The molecule has 0 spiro atoms. The molecule has 1 aliphatic rings. The van der Waals surface area contributed by atoms with Crippen LogP contribution < -0.4 is 5.32 Å². The second kappa shape index (κ2) is 6.06. The molecular weight excluding hydrogens is 308 g/mol. The van der Waals surface area contributed by atoms with Crippen molar-refractivity contribution in [3.05, 3.63) is 21.9 Å². The zero-order chi connectivity index (χ0) is 15.8. The summed E-state index contributed by atoms with van der Waals surface area (Å²) in [7, 11) is -3.09. The number of amides is 1. The average molecular weight is 330 g/mol. The van der Waals surface area contributed by atoms with Gasteiger partial charge in [0.15, 0.2) is 0 Å². The van der Waals surface area contributed by atoms with Crippen LogP contribution in [0, 0.1) is 12.8 Å². The highest BCUT2D eigenvalue weighted by Gasteiger charge is 2.41. The normalized spacial score (nSPS) is 23.3. The molecule has 1 aliphatic heterocycles. The van der Waals surface area contributed by atoms with E-state index in [1.54, 1.807) is 16.2 Å². The molecular formula is C14H22N2O3S2. The molecule has 1 amide bonds. The predicted octanol–water partition coefficient (Wildman–Crippen LogP) is 1.56. The first-order valence-corrected chi connectivity index (χ1v) is 9.87. The fourth-order valence-electron chi connectivity index (χ4n) is 2.45. The summed E-state index contributed by atoms with van der Waals surface area (Å²) in [5.74, 6) is 0.153. The molecule has 0 bridgehead atoms. The van der Waals surface area contributed by atoms with Crippen LogP contribution in [0.25, 0.3) is 0 Å². The summed E-state index contributed by atoms with van der Waals surface area (Å²) in [5.41, 5.74) is 0. The minimum absolute atomic E-state index is 0.00784. The third kappa shape index (κ3) is 3.84. The van der Waals surface area contributed by atoms with Gasteiger partial charge in [-0.2, -0.15) is 0 Å². The third-order valence-corrected chi connectivity index (χ3v) is 5.58. The SMILES string of the molecule is Cc1ccc(C2NC(C(C)C)C(=O)N2CCS(C)(=O)=O)s1. The second-order valence-corrected chi connectivity index (χ2v) is 9.48. The number of rotatable bonds is 5. The Bertz CT molecular complexity index is 622. The smallest absolute Gasteiger partial charge is 0.241 e. The van der Waals surface area contributed by atoms with E-state index in [1.165, 1.54) is 11.1 Å². The molecule has 1 fully saturated rings. The summed E-state index contributed by atoms with van der Waals surface area (Å²) in [5, 5.41) is 3.35. The fourth-order valence-corrected chi connectivity index (χ4v) is 3.93. The zero-order valence-electron chi connectivity index (χ0n) is 12.8. The number of nitrogens with zero attached hydrogens (tertiary/aromatic N) is 1. The van der Waals surface area contributed by atoms with Gasteiger partial charge in [-0.3, -0.25) is 10.1 Å². The number of aryl methyl sites for hydroxylation is 1. The molecule has 1 aromatic heterocycles. The van der Waals surface area contributed by atoms with Crippen LogP contribution in [-0.2, 0) is 14.6 Å². The molecule has 0 saturated carbocycles. The first-order valence-electron chi connectivity index (χ1n) is 6.99. The molecule has 2 atom stereocenters. The lowest BCUT2D eigenvalue weighted by atomic mass is 10.1. The summed E-state index contributed by atoms with van der Waals surface area (Å²) < 4.78 is 22.8. The Hall–Kier alpha value is -0.920. The zero-order valence-corrected chi connectivity index (χ0v) is 14.4. The Kier molecular flexibility index (Phi) is 4.75. The number of thiophene rings is 1. The highest BCUT2D eigenvalue weighted by atomic mass is 32.2. The molecule has 0 aromatic carbocycles. The van der Waals surface area contributed by atoms with Crippen molar-refractivity contribution in [3.8, 4) is 0 Å². The standard InChI is InChI=1S/C14H22N2O3S2/c1-9(2)12-14(17)16(7-8-21(4,18)19)13(15-12)11-6-5-10(3)20-11/h5-6,9,12-13,15H,7-8H2,1-4H3. The summed E-state index contributed by atoms with van der Waals surface area (Å²) in [6, 6.07) is 3.77. The van der Waals surface area contributed by atoms with Crippen molar-refractivity contribution in [3.63, 3.8) is 0 Å². The lowest BCUT2D eigenvalue weighted by Gasteiger charge is -2.22. The maximum Gasteiger partial charge on any atom is 0.241 e. The Labute approximate surface area is 130 Å². The van der Waals surface area contributed by atoms with Gasteiger partial charge in [0, 0.05) is 22.6 Å². The van der Waals surface area contributed by atoms with Crippen molar-refractivity contribution in [2.45, 2.75) is 33.0 Å². The summed E-state index contributed by atoms with van der Waals surface area (Å²) in [6.45, 7) is 6.24. The van der Waals surface area contributed by atoms with Crippen LogP contribution in [0.1, 0.15) is 29.8 Å². The van der Waals surface area contributed by atoms with Crippen molar-refractivity contribution in [1.82, 2.24) is 10.2 Å². The summed E-state index contributed by atoms with van der Waals surface area (Å²) in [4.78, 5) is 16.4. The Morgan fingerprint density at radius 2 is 2.05 bits per heavy atom. The molecule has 0 radical (unpaired) electrons. The number of hydrogen-bond acceptors (Lipinski definition) is 5. The highest BCUT2D eigenvalue weighted by molar-refractivity contribution is 7.90. The van der Waals surface area contributed by atoms with E-state index < -0.39 is 9.84 Å². The van der Waals surface area contributed by atoms with E-state index in [0.717, 1.165) is 4.88 Å². The fraction of sp³-hybridized carbons (Fsp3) is 0.643. The van der Waals surface area contributed by atoms with E-state index in [-0.39, 0.29) is 36.3 Å². The minimum atomic E-state index is -3.09. The molecule has 5 nitrogen and oxygen atoms in total. The van der Waals surface area contributed by atoms with Crippen LogP contribution in [0.3, 0.4) is 0 Å². The van der Waals surface area contributed by atoms with Crippen LogP contribution in [0.15, 0.2) is 12.1 Å². The molecule has 21 heavy (non-hydrogen) atoms. The maximum atomic E-state index is 12.5. The van der Waals surface area contributed by atoms with Gasteiger partial charge in [0.05, 0.1) is 11.8 Å². The van der Waals surface area contributed by atoms with Gasteiger partial charge in [-0.25, -0.2) is 8.42 Å². The highest BCUT2D eigenvalue weighted by Crippen LogP contribution is 2.32. The van der Waals surface area contributed by atoms with Gasteiger partial charge in [0.25, 0.3) is 0 Å². The van der Waals surface area contributed by atoms with Crippen LogP contribution in [0.4, 0.5) is 0 Å². The van der Waals surface area contributed by atoms with E-state index in [1.807, 2.05) is 32.9 Å². The van der Waals surface area contributed by atoms with Crippen LogP contribution in [0.5, 0.6) is 0 Å². The molecule has 7 heteroatoms. The Balaban J connectivity index is 2.25. The molecule has 1 saturated heterocycles. The van der Waals surface area contributed by atoms with Gasteiger partial charge in [-0.1, -0.05) is 13.8 Å². The van der Waals surface area contributed by atoms with Crippen molar-refractivity contribution in [2.24, 2.45) is 5.92 Å².